The highest BCUT2D eigenvalue weighted by Crippen LogP contribution is 2.25. The lowest BCUT2D eigenvalue weighted by molar-refractivity contribution is 0.242. The van der Waals surface area contributed by atoms with Crippen molar-refractivity contribution in [3.63, 3.8) is 0 Å². The molecule has 2 rings (SSSR count). The van der Waals surface area contributed by atoms with Crippen molar-refractivity contribution in [1.82, 2.24) is 0 Å². The van der Waals surface area contributed by atoms with Gasteiger partial charge in [-0.05, 0) is 62.4 Å². The maximum Gasteiger partial charge on any atom is 0.127 e. The topological polar surface area (TPSA) is 38.7 Å². The third kappa shape index (κ3) is 3.42. The van der Waals surface area contributed by atoms with Crippen LogP contribution in [0.2, 0.25) is 0 Å². The van der Waals surface area contributed by atoms with E-state index in [1.165, 1.54) is 0 Å². The molecule has 1 N–H and O–H groups in total. The van der Waals surface area contributed by atoms with E-state index < -0.39 is 0 Å². The van der Waals surface area contributed by atoms with Gasteiger partial charge in [-0.3, -0.25) is 0 Å². The molecule has 0 saturated carbocycles. The Morgan fingerprint density at radius 1 is 0.778 bits per heavy atom. The van der Waals surface area contributed by atoms with Gasteiger partial charge in [-0.1, -0.05) is 0 Å². The Kier molecular flexibility index (Phi) is 3.72. The Morgan fingerprint density at radius 2 is 1.22 bits per heavy atom. The van der Waals surface area contributed by atoms with E-state index in [-0.39, 0.29) is 11.9 Å². The van der Waals surface area contributed by atoms with Gasteiger partial charge in [0.25, 0.3) is 0 Å². The molecule has 3 heteroatoms. The van der Waals surface area contributed by atoms with Gasteiger partial charge in [0.1, 0.15) is 23.0 Å². The monoisotopic (exact) mass is 244 g/mol. The van der Waals surface area contributed by atoms with Gasteiger partial charge in [0.15, 0.2) is 0 Å². The summed E-state index contributed by atoms with van der Waals surface area (Å²) < 4.78 is 11.2. The standard InChI is InChI=1S/C15H16O3/c1-11(2)17-13-7-9-15(10-8-13)18-14-5-3-12(16)4-6-14/h3-11,16H,1-2H3. The number of hydrogen-bond donors (Lipinski definition) is 1. The first-order chi connectivity index (χ1) is 8.63. The Bertz CT molecular complexity index is 486. The Labute approximate surface area is 107 Å². The zero-order chi connectivity index (χ0) is 13.0. The van der Waals surface area contributed by atoms with Crippen LogP contribution >= 0.6 is 0 Å². The third-order valence-corrected chi connectivity index (χ3v) is 2.27. The lowest BCUT2D eigenvalue weighted by atomic mass is 10.3. The van der Waals surface area contributed by atoms with Crippen LogP contribution in [0.25, 0.3) is 0 Å². The van der Waals surface area contributed by atoms with Gasteiger partial charge in [0.2, 0.25) is 0 Å². The quantitative estimate of drug-likeness (QED) is 0.884. The van der Waals surface area contributed by atoms with Crippen molar-refractivity contribution in [3.05, 3.63) is 48.5 Å². The van der Waals surface area contributed by atoms with Gasteiger partial charge in [-0.25, -0.2) is 0 Å². The Balaban J connectivity index is 2.04. The zero-order valence-corrected chi connectivity index (χ0v) is 10.5. The van der Waals surface area contributed by atoms with Gasteiger partial charge < -0.3 is 14.6 Å². The van der Waals surface area contributed by atoms with E-state index in [0.717, 1.165) is 11.5 Å². The first-order valence-electron chi connectivity index (χ1n) is 5.87. The zero-order valence-electron chi connectivity index (χ0n) is 10.5. The van der Waals surface area contributed by atoms with Gasteiger partial charge in [-0.2, -0.15) is 0 Å². The summed E-state index contributed by atoms with van der Waals surface area (Å²) in [5, 5.41) is 9.17. The lowest BCUT2D eigenvalue weighted by Gasteiger charge is -2.10. The molecule has 2 aromatic carbocycles. The molecule has 18 heavy (non-hydrogen) atoms. The maximum atomic E-state index is 9.17. The Morgan fingerprint density at radius 3 is 1.72 bits per heavy atom. The highest BCUT2D eigenvalue weighted by Gasteiger charge is 2.00. The van der Waals surface area contributed by atoms with Crippen molar-refractivity contribution in [2.75, 3.05) is 0 Å². The summed E-state index contributed by atoms with van der Waals surface area (Å²) in [4.78, 5) is 0. The van der Waals surface area contributed by atoms with E-state index >= 15 is 0 Å². The van der Waals surface area contributed by atoms with E-state index in [2.05, 4.69) is 0 Å². The minimum atomic E-state index is 0.161. The number of aromatic hydroxyl groups is 1. The molecule has 94 valence electrons. The van der Waals surface area contributed by atoms with Crippen molar-refractivity contribution in [2.24, 2.45) is 0 Å². The number of rotatable bonds is 4. The molecular weight excluding hydrogens is 228 g/mol. The van der Waals surface area contributed by atoms with Crippen LogP contribution in [0.3, 0.4) is 0 Å². The van der Waals surface area contributed by atoms with E-state index in [4.69, 9.17) is 9.47 Å². The van der Waals surface area contributed by atoms with Crippen LogP contribution in [0.4, 0.5) is 0 Å². The number of phenolic OH excluding ortho intramolecular Hbond substituents is 1. The molecule has 0 radical (unpaired) electrons. The maximum absolute atomic E-state index is 9.17. The first kappa shape index (κ1) is 12.3. The number of hydrogen-bond acceptors (Lipinski definition) is 3. The highest BCUT2D eigenvalue weighted by atomic mass is 16.5. The highest BCUT2D eigenvalue weighted by molar-refractivity contribution is 5.37. The normalized spacial score (nSPS) is 10.4. The molecule has 0 fully saturated rings. The molecule has 0 saturated heterocycles. The molecule has 3 nitrogen and oxygen atoms in total. The van der Waals surface area contributed by atoms with E-state index in [1.54, 1.807) is 24.3 Å². The molecule has 0 aliphatic carbocycles. The average Bonchev–Trinajstić information content (AvgIpc) is 2.34. The van der Waals surface area contributed by atoms with Crippen LogP contribution in [0, 0.1) is 0 Å². The summed E-state index contributed by atoms with van der Waals surface area (Å²) in [5.74, 6) is 2.47. The SMILES string of the molecule is CC(C)Oc1ccc(Oc2ccc(O)cc2)cc1. The molecule has 0 aliphatic rings. The van der Waals surface area contributed by atoms with Crippen LogP contribution in [-0.4, -0.2) is 11.2 Å². The Hall–Kier alpha value is -2.16. The van der Waals surface area contributed by atoms with Crippen LogP contribution in [0.5, 0.6) is 23.0 Å². The van der Waals surface area contributed by atoms with E-state index in [0.29, 0.717) is 5.75 Å². The molecule has 0 amide bonds. The van der Waals surface area contributed by atoms with Crippen LogP contribution in [-0.2, 0) is 0 Å². The minimum absolute atomic E-state index is 0.161. The molecular formula is C15H16O3. The summed E-state index contributed by atoms with van der Waals surface area (Å²) in [7, 11) is 0. The summed E-state index contributed by atoms with van der Waals surface area (Å²) in [6.07, 6.45) is 0.161. The van der Waals surface area contributed by atoms with Crippen molar-refractivity contribution in [2.45, 2.75) is 20.0 Å². The molecule has 0 aromatic heterocycles. The smallest absolute Gasteiger partial charge is 0.127 e. The average molecular weight is 244 g/mol. The molecule has 0 aliphatic heterocycles. The molecule has 0 atom stereocenters. The van der Waals surface area contributed by atoms with Crippen molar-refractivity contribution >= 4 is 0 Å². The fourth-order valence-corrected chi connectivity index (χ4v) is 1.51. The van der Waals surface area contributed by atoms with Crippen molar-refractivity contribution < 1.29 is 14.6 Å². The van der Waals surface area contributed by atoms with Crippen molar-refractivity contribution in [3.8, 4) is 23.0 Å². The fourth-order valence-electron chi connectivity index (χ4n) is 1.51. The van der Waals surface area contributed by atoms with Crippen LogP contribution in [0.1, 0.15) is 13.8 Å². The number of benzene rings is 2. The van der Waals surface area contributed by atoms with Gasteiger partial charge in [0.05, 0.1) is 6.10 Å². The second kappa shape index (κ2) is 5.45. The van der Waals surface area contributed by atoms with Crippen molar-refractivity contribution in [1.29, 1.82) is 0 Å². The van der Waals surface area contributed by atoms with Crippen LogP contribution in [0.15, 0.2) is 48.5 Å². The van der Waals surface area contributed by atoms with Gasteiger partial charge >= 0.3 is 0 Å². The molecule has 2 aromatic rings. The van der Waals surface area contributed by atoms with E-state index in [1.807, 2.05) is 38.1 Å². The number of ether oxygens (including phenoxy) is 2. The molecule has 0 heterocycles. The molecule has 0 unspecified atom stereocenters. The minimum Gasteiger partial charge on any atom is -0.508 e. The predicted molar refractivity (Wildman–Crippen MR) is 70.4 cm³/mol. The largest absolute Gasteiger partial charge is 0.508 e. The summed E-state index contributed by atoms with van der Waals surface area (Å²) >= 11 is 0. The van der Waals surface area contributed by atoms with E-state index in [9.17, 15) is 5.11 Å². The van der Waals surface area contributed by atoms with Crippen LogP contribution < -0.4 is 9.47 Å². The summed E-state index contributed by atoms with van der Waals surface area (Å²) in [6.45, 7) is 3.97. The van der Waals surface area contributed by atoms with Gasteiger partial charge in [-0.15, -0.1) is 0 Å². The second-order valence-electron chi connectivity index (χ2n) is 4.23. The first-order valence-corrected chi connectivity index (χ1v) is 5.87. The summed E-state index contributed by atoms with van der Waals surface area (Å²) in [5.41, 5.74) is 0. The lowest BCUT2D eigenvalue weighted by Crippen LogP contribution is -2.05. The summed E-state index contributed by atoms with van der Waals surface area (Å²) in [6, 6.07) is 14.1. The molecule has 0 bridgehead atoms. The van der Waals surface area contributed by atoms with Gasteiger partial charge in [0, 0.05) is 0 Å². The third-order valence-electron chi connectivity index (χ3n) is 2.27. The molecule has 0 spiro atoms. The predicted octanol–water partition coefficient (Wildman–Crippen LogP) is 3.97. The fraction of sp³-hybridized carbons (Fsp3) is 0.200. The number of phenols is 1. The second-order valence-corrected chi connectivity index (χ2v) is 4.23.